The largest absolute Gasteiger partial charge is 0.416 e. The van der Waals surface area contributed by atoms with Gasteiger partial charge in [-0.25, -0.2) is 8.42 Å². The Kier molecular flexibility index (Phi) is 7.42. The van der Waals surface area contributed by atoms with Crippen LogP contribution in [-0.2, 0) is 20.9 Å². The molecule has 3 rings (SSSR count). The molecule has 32 heavy (non-hydrogen) atoms. The first-order valence-corrected chi connectivity index (χ1v) is 11.8. The molecule has 1 atom stereocenters. The van der Waals surface area contributed by atoms with Crippen LogP contribution in [0.1, 0.15) is 27.5 Å². The average molecular weight is 472 g/mol. The summed E-state index contributed by atoms with van der Waals surface area (Å²) < 4.78 is 69.7. The highest BCUT2D eigenvalue weighted by Crippen LogP contribution is 2.31. The van der Waals surface area contributed by atoms with Gasteiger partial charge in [0.15, 0.2) is 0 Å². The van der Waals surface area contributed by atoms with E-state index in [9.17, 15) is 26.4 Å². The van der Waals surface area contributed by atoms with Crippen molar-refractivity contribution in [2.75, 3.05) is 43.8 Å². The lowest BCUT2D eigenvalue weighted by Crippen LogP contribution is -2.44. The maximum Gasteiger partial charge on any atom is 0.416 e. The van der Waals surface area contributed by atoms with Crippen LogP contribution in [0.5, 0.6) is 0 Å². The lowest BCUT2D eigenvalue weighted by Gasteiger charge is -2.35. The first-order chi connectivity index (χ1) is 15.0. The van der Waals surface area contributed by atoms with Crippen molar-refractivity contribution in [1.82, 2.24) is 10.2 Å². The number of nitrogens with zero attached hydrogens (tertiary/aromatic N) is 1. The zero-order valence-corrected chi connectivity index (χ0v) is 18.2. The second-order valence-corrected chi connectivity index (χ2v) is 9.16. The molecule has 2 aromatic carbocycles. The zero-order valence-electron chi connectivity index (χ0n) is 17.4. The Morgan fingerprint density at radius 1 is 1.09 bits per heavy atom. The van der Waals surface area contributed by atoms with Gasteiger partial charge < -0.3 is 10.1 Å². The Hall–Kier alpha value is -2.63. The molecule has 0 aliphatic carbocycles. The third-order valence-electron chi connectivity index (χ3n) is 5.03. The molecule has 1 aliphatic rings. The fourth-order valence-electron chi connectivity index (χ4n) is 3.50. The monoisotopic (exact) mass is 471 g/mol. The summed E-state index contributed by atoms with van der Waals surface area (Å²) >= 11 is 0. The van der Waals surface area contributed by atoms with E-state index in [2.05, 4.69) is 10.0 Å². The van der Waals surface area contributed by atoms with Crippen molar-refractivity contribution >= 4 is 21.6 Å². The highest BCUT2D eigenvalue weighted by atomic mass is 32.2. The Balaban J connectivity index is 1.80. The summed E-state index contributed by atoms with van der Waals surface area (Å²) in [6.45, 7) is 2.21. The molecule has 11 heteroatoms. The van der Waals surface area contributed by atoms with Crippen LogP contribution in [0.15, 0.2) is 48.5 Å². The molecule has 0 bridgehead atoms. The number of morpholine rings is 1. The van der Waals surface area contributed by atoms with Gasteiger partial charge in [0, 0.05) is 19.6 Å². The third kappa shape index (κ3) is 6.44. The number of anilines is 1. The number of halogens is 3. The minimum Gasteiger partial charge on any atom is -0.379 e. The molecule has 1 unspecified atom stereocenters. The van der Waals surface area contributed by atoms with Gasteiger partial charge in [-0.05, 0) is 29.8 Å². The predicted octanol–water partition coefficient (Wildman–Crippen LogP) is 2.88. The SMILES string of the molecule is CS(=O)(=O)Nc1ccccc1C(=O)NCC(c1ccc(C(F)(F)F)cc1)N1CCOCC1. The van der Waals surface area contributed by atoms with Gasteiger partial charge in [0.1, 0.15) is 0 Å². The number of hydrogen-bond donors (Lipinski definition) is 2. The van der Waals surface area contributed by atoms with E-state index in [0.29, 0.717) is 31.9 Å². The molecule has 1 saturated heterocycles. The van der Waals surface area contributed by atoms with Gasteiger partial charge in [-0.15, -0.1) is 0 Å². The summed E-state index contributed by atoms with van der Waals surface area (Å²) in [7, 11) is -3.58. The van der Waals surface area contributed by atoms with Crippen LogP contribution in [0.25, 0.3) is 0 Å². The summed E-state index contributed by atoms with van der Waals surface area (Å²) in [6.07, 6.45) is -3.45. The van der Waals surface area contributed by atoms with Gasteiger partial charge in [0.05, 0.1) is 42.3 Å². The summed E-state index contributed by atoms with van der Waals surface area (Å²) in [5.41, 5.74) is 0.172. The molecule has 0 saturated carbocycles. The van der Waals surface area contributed by atoms with Gasteiger partial charge in [-0.2, -0.15) is 13.2 Å². The lowest BCUT2D eigenvalue weighted by molar-refractivity contribution is -0.137. The first-order valence-electron chi connectivity index (χ1n) is 9.88. The topological polar surface area (TPSA) is 87.7 Å². The predicted molar refractivity (Wildman–Crippen MR) is 114 cm³/mol. The molecular formula is C21H24F3N3O4S. The van der Waals surface area contributed by atoms with Crippen LogP contribution in [0.2, 0.25) is 0 Å². The van der Waals surface area contributed by atoms with Crippen molar-refractivity contribution in [1.29, 1.82) is 0 Å². The van der Waals surface area contributed by atoms with Gasteiger partial charge in [-0.1, -0.05) is 24.3 Å². The van der Waals surface area contributed by atoms with Crippen LogP contribution in [0, 0.1) is 0 Å². The van der Waals surface area contributed by atoms with E-state index in [1.165, 1.54) is 24.3 Å². The van der Waals surface area contributed by atoms with Crippen molar-refractivity contribution in [3.05, 3.63) is 65.2 Å². The molecular weight excluding hydrogens is 447 g/mol. The van der Waals surface area contributed by atoms with E-state index in [1.807, 2.05) is 4.90 Å². The standard InChI is InChI=1S/C21H24F3N3O4S/c1-32(29,30)26-18-5-3-2-4-17(18)20(28)25-14-19(27-10-12-31-13-11-27)15-6-8-16(9-7-15)21(22,23)24/h2-9,19,26H,10-14H2,1H3,(H,25,28). The van der Waals surface area contributed by atoms with Crippen molar-refractivity contribution < 1.29 is 31.1 Å². The Bertz CT molecular complexity index is 1040. The zero-order chi connectivity index (χ0) is 23.4. The number of para-hydroxylation sites is 1. The number of carbonyl (C=O) groups is 1. The molecule has 0 radical (unpaired) electrons. The molecule has 1 aliphatic heterocycles. The molecule has 7 nitrogen and oxygen atoms in total. The third-order valence-corrected chi connectivity index (χ3v) is 5.62. The van der Waals surface area contributed by atoms with Gasteiger partial charge in [-0.3, -0.25) is 14.4 Å². The van der Waals surface area contributed by atoms with Crippen LogP contribution >= 0.6 is 0 Å². The second-order valence-electron chi connectivity index (χ2n) is 7.41. The van der Waals surface area contributed by atoms with Gasteiger partial charge in [0.25, 0.3) is 5.91 Å². The molecule has 1 amide bonds. The molecule has 2 N–H and O–H groups in total. The quantitative estimate of drug-likeness (QED) is 0.649. The van der Waals surface area contributed by atoms with Crippen LogP contribution < -0.4 is 10.0 Å². The van der Waals surface area contributed by atoms with E-state index in [0.717, 1.165) is 18.4 Å². The fourth-order valence-corrected chi connectivity index (χ4v) is 4.07. The number of benzene rings is 2. The minimum absolute atomic E-state index is 0.122. The lowest BCUT2D eigenvalue weighted by atomic mass is 10.0. The van der Waals surface area contributed by atoms with Gasteiger partial charge in [0.2, 0.25) is 10.0 Å². The van der Waals surface area contributed by atoms with Crippen molar-refractivity contribution in [2.45, 2.75) is 12.2 Å². The maximum atomic E-state index is 12.9. The number of carbonyl (C=O) groups excluding carboxylic acids is 1. The summed E-state index contributed by atoms with van der Waals surface area (Å²) in [6, 6.07) is 10.7. The molecule has 2 aromatic rings. The van der Waals surface area contributed by atoms with Crippen LogP contribution in [0.4, 0.5) is 18.9 Å². The number of ether oxygens (including phenoxy) is 1. The van der Waals surface area contributed by atoms with Crippen molar-refractivity contribution in [3.8, 4) is 0 Å². The normalized spacial score (nSPS) is 16.4. The highest BCUT2D eigenvalue weighted by molar-refractivity contribution is 7.92. The fraction of sp³-hybridized carbons (Fsp3) is 0.381. The van der Waals surface area contributed by atoms with E-state index < -0.39 is 27.7 Å². The number of sulfonamides is 1. The molecule has 1 heterocycles. The Morgan fingerprint density at radius 3 is 2.31 bits per heavy atom. The smallest absolute Gasteiger partial charge is 0.379 e. The number of nitrogens with one attached hydrogen (secondary N) is 2. The second kappa shape index (κ2) is 9.88. The number of alkyl halides is 3. The highest BCUT2D eigenvalue weighted by Gasteiger charge is 2.31. The Labute approximate surface area is 184 Å². The van der Waals surface area contributed by atoms with Crippen LogP contribution in [-0.4, -0.2) is 58.3 Å². The summed E-state index contributed by atoms with van der Waals surface area (Å²) in [4.78, 5) is 14.9. The molecule has 174 valence electrons. The molecule has 1 fully saturated rings. The number of amides is 1. The first kappa shape index (κ1) is 24.0. The maximum absolute atomic E-state index is 12.9. The summed E-state index contributed by atoms with van der Waals surface area (Å²) in [5, 5.41) is 2.79. The van der Waals surface area contributed by atoms with Crippen molar-refractivity contribution in [2.24, 2.45) is 0 Å². The van der Waals surface area contributed by atoms with Gasteiger partial charge >= 0.3 is 6.18 Å². The summed E-state index contributed by atoms with van der Waals surface area (Å²) in [5.74, 6) is -0.498. The molecule has 0 spiro atoms. The van der Waals surface area contributed by atoms with E-state index in [-0.39, 0.29) is 23.8 Å². The Morgan fingerprint density at radius 2 is 1.72 bits per heavy atom. The van der Waals surface area contributed by atoms with E-state index >= 15 is 0 Å². The van der Waals surface area contributed by atoms with Crippen molar-refractivity contribution in [3.63, 3.8) is 0 Å². The number of hydrogen-bond acceptors (Lipinski definition) is 5. The van der Waals surface area contributed by atoms with Crippen LogP contribution in [0.3, 0.4) is 0 Å². The molecule has 0 aromatic heterocycles. The average Bonchev–Trinajstić information content (AvgIpc) is 2.73. The van der Waals surface area contributed by atoms with E-state index in [1.54, 1.807) is 12.1 Å². The minimum atomic E-state index is -4.43. The van der Waals surface area contributed by atoms with E-state index in [4.69, 9.17) is 4.74 Å². The number of rotatable bonds is 7.